The van der Waals surface area contributed by atoms with Crippen molar-refractivity contribution in [2.45, 2.75) is 57.7 Å². The molecule has 2 N–H and O–H groups in total. The normalized spacial score (nSPS) is 20.8. The second kappa shape index (κ2) is 8.50. The highest BCUT2D eigenvalue weighted by Gasteiger charge is 2.29. The van der Waals surface area contributed by atoms with E-state index >= 15 is 4.39 Å². The SMILES string of the molecule is COc1nc(NC2CCC(C)(O)CC2)nn2cc(F)c(-c3ccc4nc(C)n(CCF)c4c3)c12. The number of aryl methyl sites for hydroxylation is 2. The number of nitrogens with zero attached hydrogens (tertiary/aromatic N) is 5. The fourth-order valence-electron chi connectivity index (χ4n) is 4.83. The molecule has 0 unspecified atom stereocenters. The summed E-state index contributed by atoms with van der Waals surface area (Å²) in [6.45, 7) is 3.34. The van der Waals surface area contributed by atoms with Gasteiger partial charge in [-0.1, -0.05) is 6.07 Å². The van der Waals surface area contributed by atoms with Crippen LogP contribution < -0.4 is 10.1 Å². The molecule has 0 saturated heterocycles. The molecule has 0 amide bonds. The van der Waals surface area contributed by atoms with E-state index in [0.29, 0.717) is 41.3 Å². The van der Waals surface area contributed by atoms with E-state index in [9.17, 15) is 9.50 Å². The van der Waals surface area contributed by atoms with Crippen LogP contribution in [0.2, 0.25) is 0 Å². The maximum atomic E-state index is 15.3. The number of halogens is 2. The van der Waals surface area contributed by atoms with Gasteiger partial charge in [-0.05, 0) is 57.2 Å². The van der Waals surface area contributed by atoms with Crippen LogP contribution in [-0.4, -0.2) is 54.7 Å². The lowest BCUT2D eigenvalue weighted by Gasteiger charge is -2.33. The van der Waals surface area contributed by atoms with Gasteiger partial charge in [0.15, 0.2) is 5.82 Å². The Bertz CT molecular complexity index is 1350. The zero-order valence-electron chi connectivity index (χ0n) is 19.5. The van der Waals surface area contributed by atoms with E-state index in [4.69, 9.17) is 4.74 Å². The van der Waals surface area contributed by atoms with Crippen LogP contribution in [0.3, 0.4) is 0 Å². The van der Waals surface area contributed by atoms with Gasteiger partial charge in [-0.25, -0.2) is 18.3 Å². The summed E-state index contributed by atoms with van der Waals surface area (Å²) < 4.78 is 37.1. The van der Waals surface area contributed by atoms with Crippen molar-refractivity contribution in [1.82, 2.24) is 24.1 Å². The molecule has 8 nitrogen and oxygen atoms in total. The zero-order valence-corrected chi connectivity index (χ0v) is 19.5. The first-order chi connectivity index (χ1) is 16.3. The first-order valence-corrected chi connectivity index (χ1v) is 11.4. The summed E-state index contributed by atoms with van der Waals surface area (Å²) >= 11 is 0. The van der Waals surface area contributed by atoms with Gasteiger partial charge < -0.3 is 19.7 Å². The van der Waals surface area contributed by atoms with Gasteiger partial charge in [-0.2, -0.15) is 4.98 Å². The van der Waals surface area contributed by atoms with E-state index in [0.717, 1.165) is 23.9 Å². The van der Waals surface area contributed by atoms with Crippen molar-refractivity contribution in [2.24, 2.45) is 0 Å². The molecule has 1 aliphatic rings. The minimum absolute atomic E-state index is 0.115. The van der Waals surface area contributed by atoms with Crippen molar-refractivity contribution in [3.8, 4) is 17.0 Å². The van der Waals surface area contributed by atoms with Gasteiger partial charge in [0, 0.05) is 6.04 Å². The van der Waals surface area contributed by atoms with Crippen molar-refractivity contribution < 1.29 is 18.6 Å². The second-order valence-electron chi connectivity index (χ2n) is 9.21. The van der Waals surface area contributed by atoms with Crippen molar-refractivity contribution in [3.05, 3.63) is 36.0 Å². The minimum Gasteiger partial charge on any atom is -0.479 e. The van der Waals surface area contributed by atoms with Gasteiger partial charge in [0.2, 0.25) is 11.8 Å². The molecule has 10 heteroatoms. The van der Waals surface area contributed by atoms with Crippen LogP contribution in [0, 0.1) is 12.7 Å². The Kier molecular flexibility index (Phi) is 5.63. The van der Waals surface area contributed by atoms with Gasteiger partial charge in [-0.3, -0.25) is 0 Å². The number of nitrogens with one attached hydrogen (secondary N) is 1. The Morgan fingerprint density at radius 3 is 2.74 bits per heavy atom. The standard InChI is InChI=1S/C24H28F2N6O2/c1-14-27-18-5-4-15(12-19(18)31(14)11-10-25)20-17(26)13-32-21(20)22(34-3)29-23(30-32)28-16-6-8-24(2,33)9-7-16/h4-5,12-13,16,33H,6-11H2,1-3H3,(H,28,30). The first kappa shape index (κ1) is 22.5. The molecule has 1 fully saturated rings. The number of benzene rings is 1. The highest BCUT2D eigenvalue weighted by atomic mass is 19.1. The molecule has 0 bridgehead atoms. The predicted molar refractivity (Wildman–Crippen MR) is 125 cm³/mol. The maximum Gasteiger partial charge on any atom is 0.244 e. The topological polar surface area (TPSA) is 89.5 Å². The van der Waals surface area contributed by atoms with Crippen LogP contribution in [0.5, 0.6) is 5.88 Å². The number of hydrogen-bond donors (Lipinski definition) is 2. The molecule has 4 aromatic rings. The number of alkyl halides is 1. The summed E-state index contributed by atoms with van der Waals surface area (Å²) in [4.78, 5) is 8.97. The number of ether oxygens (including phenoxy) is 1. The Morgan fingerprint density at radius 2 is 2.03 bits per heavy atom. The lowest BCUT2D eigenvalue weighted by molar-refractivity contribution is 0.0195. The fraction of sp³-hybridized carbons (Fsp3) is 0.458. The van der Waals surface area contributed by atoms with Crippen molar-refractivity contribution in [1.29, 1.82) is 0 Å². The molecule has 1 saturated carbocycles. The van der Waals surface area contributed by atoms with Crippen molar-refractivity contribution in [2.75, 3.05) is 19.1 Å². The molecule has 0 radical (unpaired) electrons. The molecule has 34 heavy (non-hydrogen) atoms. The van der Waals surface area contributed by atoms with E-state index in [1.807, 2.05) is 19.9 Å². The highest BCUT2D eigenvalue weighted by molar-refractivity contribution is 5.90. The van der Waals surface area contributed by atoms with Gasteiger partial charge in [0.05, 0.1) is 42.0 Å². The third-order valence-electron chi connectivity index (χ3n) is 6.68. The van der Waals surface area contributed by atoms with Crippen molar-refractivity contribution >= 4 is 22.5 Å². The van der Waals surface area contributed by atoms with Gasteiger partial charge in [0.25, 0.3) is 0 Å². The Balaban J connectivity index is 1.55. The number of aliphatic hydroxyl groups is 1. The van der Waals surface area contributed by atoms with Crippen LogP contribution in [-0.2, 0) is 6.54 Å². The summed E-state index contributed by atoms with van der Waals surface area (Å²) in [6.07, 6.45) is 4.25. The van der Waals surface area contributed by atoms with Crippen LogP contribution in [0.25, 0.3) is 27.7 Å². The molecule has 0 aliphatic heterocycles. The Labute approximate surface area is 195 Å². The second-order valence-corrected chi connectivity index (χ2v) is 9.21. The monoisotopic (exact) mass is 470 g/mol. The summed E-state index contributed by atoms with van der Waals surface area (Å²) in [5.41, 5.74) is 2.13. The minimum atomic E-state index is -0.641. The van der Waals surface area contributed by atoms with Gasteiger partial charge in [-0.15, -0.1) is 5.10 Å². The number of imidazole rings is 1. The number of methoxy groups -OCH3 is 1. The van der Waals surface area contributed by atoms with E-state index in [1.54, 1.807) is 16.7 Å². The number of fused-ring (bicyclic) bond motifs is 2. The third-order valence-corrected chi connectivity index (χ3v) is 6.68. The summed E-state index contributed by atoms with van der Waals surface area (Å²) in [6, 6.07) is 5.51. The Morgan fingerprint density at radius 1 is 1.26 bits per heavy atom. The Hall–Kier alpha value is -3.27. The smallest absolute Gasteiger partial charge is 0.244 e. The van der Waals surface area contributed by atoms with E-state index in [2.05, 4.69) is 20.4 Å². The largest absolute Gasteiger partial charge is 0.479 e. The quantitative estimate of drug-likeness (QED) is 0.437. The molecule has 3 aromatic heterocycles. The maximum absolute atomic E-state index is 15.3. The molecule has 3 heterocycles. The van der Waals surface area contributed by atoms with E-state index in [1.165, 1.54) is 17.8 Å². The molecule has 5 rings (SSSR count). The van der Waals surface area contributed by atoms with Crippen LogP contribution in [0.1, 0.15) is 38.4 Å². The number of anilines is 1. The molecule has 1 aromatic carbocycles. The van der Waals surface area contributed by atoms with Crippen LogP contribution in [0.15, 0.2) is 24.4 Å². The van der Waals surface area contributed by atoms with E-state index < -0.39 is 18.1 Å². The van der Waals surface area contributed by atoms with Gasteiger partial charge >= 0.3 is 0 Å². The van der Waals surface area contributed by atoms with E-state index in [-0.39, 0.29) is 18.5 Å². The molecule has 0 spiro atoms. The summed E-state index contributed by atoms with van der Waals surface area (Å²) in [5.74, 6) is 0.816. The van der Waals surface area contributed by atoms with Crippen molar-refractivity contribution in [3.63, 3.8) is 0 Å². The lowest BCUT2D eigenvalue weighted by atomic mass is 9.84. The number of aromatic nitrogens is 5. The third kappa shape index (κ3) is 3.96. The molecule has 180 valence electrons. The summed E-state index contributed by atoms with van der Waals surface area (Å²) in [7, 11) is 1.49. The number of rotatable bonds is 6. The molecular weight excluding hydrogens is 442 g/mol. The van der Waals surface area contributed by atoms with Crippen LogP contribution in [0.4, 0.5) is 14.7 Å². The molecule has 0 atom stereocenters. The van der Waals surface area contributed by atoms with Gasteiger partial charge in [0.1, 0.15) is 18.0 Å². The van der Waals surface area contributed by atoms with Crippen LogP contribution >= 0.6 is 0 Å². The predicted octanol–water partition coefficient (Wildman–Crippen LogP) is 4.28. The highest BCUT2D eigenvalue weighted by Crippen LogP contribution is 2.36. The first-order valence-electron chi connectivity index (χ1n) is 11.4. The summed E-state index contributed by atoms with van der Waals surface area (Å²) in [5, 5.41) is 18.0. The molecular formula is C24H28F2N6O2. The lowest BCUT2D eigenvalue weighted by Crippen LogP contribution is -2.36. The fourth-order valence-corrected chi connectivity index (χ4v) is 4.83. The average Bonchev–Trinajstić information content (AvgIpc) is 3.30. The zero-order chi connectivity index (χ0) is 24.0. The average molecular weight is 471 g/mol. The molecule has 1 aliphatic carbocycles. The number of hydrogen-bond acceptors (Lipinski definition) is 6.